The van der Waals surface area contributed by atoms with Gasteiger partial charge >= 0.3 is 0 Å². The molecule has 0 amide bonds. The summed E-state index contributed by atoms with van der Waals surface area (Å²) in [5, 5.41) is 9.75. The van der Waals surface area contributed by atoms with E-state index in [9.17, 15) is 5.26 Å². The van der Waals surface area contributed by atoms with E-state index < -0.39 is 0 Å². The molecule has 0 spiro atoms. The highest BCUT2D eigenvalue weighted by molar-refractivity contribution is 6.18. The second kappa shape index (κ2) is 12.4. The highest BCUT2D eigenvalue weighted by Gasteiger charge is 2.26. The highest BCUT2D eigenvalue weighted by Crippen LogP contribution is 2.36. The maximum absolute atomic E-state index is 9.75. The van der Waals surface area contributed by atoms with E-state index in [1.165, 1.54) is 0 Å². The lowest BCUT2D eigenvalue weighted by molar-refractivity contribution is 0.338. The molecule has 176 valence electrons. The van der Waals surface area contributed by atoms with Crippen molar-refractivity contribution in [2.45, 2.75) is 52.0 Å². The Hall–Kier alpha value is -2.81. The minimum atomic E-state index is -0.310. The highest BCUT2D eigenvalue weighted by atomic mass is 35.5. The van der Waals surface area contributed by atoms with Crippen LogP contribution in [0.1, 0.15) is 61.9 Å². The first-order valence-corrected chi connectivity index (χ1v) is 11.9. The Bertz CT molecular complexity index is 1020. The fraction of sp³-hybridized carbons (Fsp3) is 0.407. The second-order valence-corrected chi connectivity index (χ2v) is 8.92. The van der Waals surface area contributed by atoms with Gasteiger partial charge in [0.05, 0.1) is 11.4 Å². The van der Waals surface area contributed by atoms with Gasteiger partial charge in [-0.15, -0.1) is 11.6 Å². The van der Waals surface area contributed by atoms with E-state index in [1.807, 2.05) is 19.2 Å². The van der Waals surface area contributed by atoms with Crippen molar-refractivity contribution in [2.75, 3.05) is 19.0 Å². The normalized spacial score (nSPS) is 13.2. The maximum Gasteiger partial charge on any atom is 0.140 e. The van der Waals surface area contributed by atoms with E-state index in [0.717, 1.165) is 40.7 Å². The molecule has 33 heavy (non-hydrogen) atoms. The molecule has 2 aromatic rings. The quantitative estimate of drug-likeness (QED) is 0.352. The van der Waals surface area contributed by atoms with Crippen LogP contribution in [-0.4, -0.2) is 31.3 Å². The Kier molecular flexibility index (Phi) is 9.96. The lowest BCUT2D eigenvalue weighted by atomic mass is 9.76. The predicted octanol–water partition coefficient (Wildman–Crippen LogP) is 5.17. The van der Waals surface area contributed by atoms with Gasteiger partial charge < -0.3 is 16.2 Å². The molecule has 0 fully saturated rings. The predicted molar refractivity (Wildman–Crippen MR) is 139 cm³/mol. The number of hydrogen-bond donors (Lipinski definition) is 2. The number of nitrogens with two attached hydrogens (primary N) is 2. The Labute approximate surface area is 203 Å². The molecule has 6 heteroatoms. The third kappa shape index (κ3) is 6.60. The SMILES string of the molecule is CCc1cc(C(C)(C)c2ccc(/C(C=NC(C)CCN)=C/N)cc2)cc(C#N)c1OCCCl. The lowest BCUT2D eigenvalue weighted by Gasteiger charge is -2.28. The molecular weight excluding hydrogens is 432 g/mol. The van der Waals surface area contributed by atoms with Crippen molar-refractivity contribution in [1.29, 1.82) is 5.26 Å². The molecule has 0 saturated heterocycles. The van der Waals surface area contributed by atoms with Gasteiger partial charge in [0.25, 0.3) is 0 Å². The molecule has 0 bridgehead atoms. The van der Waals surface area contributed by atoms with Crippen LogP contribution in [0.2, 0.25) is 0 Å². The summed E-state index contributed by atoms with van der Waals surface area (Å²) in [6, 6.07) is 14.8. The van der Waals surface area contributed by atoms with Gasteiger partial charge in [-0.2, -0.15) is 5.26 Å². The van der Waals surface area contributed by atoms with Crippen LogP contribution in [0.25, 0.3) is 5.57 Å². The molecule has 2 aromatic carbocycles. The van der Waals surface area contributed by atoms with Gasteiger partial charge in [-0.1, -0.05) is 51.1 Å². The first kappa shape index (κ1) is 26.4. The zero-order valence-corrected chi connectivity index (χ0v) is 20.8. The number of alkyl halides is 1. The van der Waals surface area contributed by atoms with E-state index in [1.54, 1.807) is 6.20 Å². The minimum absolute atomic E-state index is 0.154. The number of ether oxygens (including phenoxy) is 1. The average molecular weight is 467 g/mol. The van der Waals surface area contributed by atoms with Crippen LogP contribution in [-0.2, 0) is 11.8 Å². The number of benzene rings is 2. The van der Waals surface area contributed by atoms with Crippen molar-refractivity contribution in [3.05, 3.63) is 70.4 Å². The van der Waals surface area contributed by atoms with Gasteiger partial charge in [0.1, 0.15) is 18.4 Å². The summed E-state index contributed by atoms with van der Waals surface area (Å²) >= 11 is 5.79. The summed E-state index contributed by atoms with van der Waals surface area (Å²) < 4.78 is 5.79. The van der Waals surface area contributed by atoms with Crippen LogP contribution in [0, 0.1) is 11.3 Å². The lowest BCUT2D eigenvalue weighted by Crippen LogP contribution is -2.20. The summed E-state index contributed by atoms with van der Waals surface area (Å²) in [6.07, 6.45) is 4.99. The molecule has 1 atom stereocenters. The molecule has 0 aliphatic rings. The van der Waals surface area contributed by atoms with Gasteiger partial charge in [0.2, 0.25) is 0 Å². The van der Waals surface area contributed by atoms with Crippen LogP contribution < -0.4 is 16.2 Å². The van der Waals surface area contributed by atoms with E-state index in [-0.39, 0.29) is 11.5 Å². The molecule has 0 aliphatic heterocycles. The van der Waals surface area contributed by atoms with E-state index in [4.69, 9.17) is 27.8 Å². The summed E-state index contributed by atoms with van der Waals surface area (Å²) in [5.41, 5.74) is 16.8. The molecule has 0 saturated carbocycles. The number of aliphatic imine (C=N–C) groups is 1. The van der Waals surface area contributed by atoms with Crippen molar-refractivity contribution in [1.82, 2.24) is 0 Å². The number of aryl methyl sites for hydroxylation is 1. The Balaban J connectivity index is 2.38. The van der Waals surface area contributed by atoms with E-state index in [2.05, 4.69) is 62.2 Å². The Morgan fingerprint density at radius 1 is 1.24 bits per heavy atom. The monoisotopic (exact) mass is 466 g/mol. The standard InChI is InChI=1S/C27H35ClN4O/c1-5-20-14-25(15-22(16-30)26(20)33-13-11-28)27(3,4)24-8-6-21(7-9-24)23(17-31)18-32-19(2)10-12-29/h6-9,14-15,17-19H,5,10-13,29,31H2,1-4H3/b23-17+,32-18?. The third-order valence-corrected chi connectivity index (χ3v) is 6.04. The molecule has 0 heterocycles. The number of nitriles is 1. The number of rotatable bonds is 11. The molecule has 0 aliphatic carbocycles. The largest absolute Gasteiger partial charge is 0.491 e. The van der Waals surface area contributed by atoms with Crippen LogP contribution in [0.5, 0.6) is 5.75 Å². The van der Waals surface area contributed by atoms with Gasteiger partial charge in [0, 0.05) is 29.4 Å². The van der Waals surface area contributed by atoms with E-state index in [0.29, 0.717) is 30.3 Å². The molecule has 4 N–H and O–H groups in total. The fourth-order valence-electron chi connectivity index (χ4n) is 3.69. The first-order chi connectivity index (χ1) is 15.8. The molecule has 0 aromatic heterocycles. The Morgan fingerprint density at radius 2 is 1.94 bits per heavy atom. The molecule has 2 rings (SSSR count). The summed E-state index contributed by atoms with van der Waals surface area (Å²) in [7, 11) is 0. The first-order valence-electron chi connectivity index (χ1n) is 11.3. The number of hydrogen-bond acceptors (Lipinski definition) is 5. The Morgan fingerprint density at radius 3 is 2.48 bits per heavy atom. The maximum atomic E-state index is 9.75. The zero-order valence-electron chi connectivity index (χ0n) is 20.1. The van der Waals surface area contributed by atoms with Crippen LogP contribution >= 0.6 is 11.6 Å². The van der Waals surface area contributed by atoms with Crippen molar-refractivity contribution < 1.29 is 4.74 Å². The topological polar surface area (TPSA) is 97.4 Å². The molecule has 1 unspecified atom stereocenters. The fourth-order valence-corrected chi connectivity index (χ4v) is 3.77. The zero-order chi connectivity index (χ0) is 24.4. The third-order valence-electron chi connectivity index (χ3n) is 5.88. The van der Waals surface area contributed by atoms with Crippen molar-refractivity contribution in [3.8, 4) is 11.8 Å². The summed E-state index contributed by atoms with van der Waals surface area (Å²) in [6.45, 7) is 9.40. The number of halogens is 1. The second-order valence-electron chi connectivity index (χ2n) is 8.54. The molecular formula is C27H35ClN4O. The number of allylic oxidation sites excluding steroid dienone is 1. The molecule has 0 radical (unpaired) electrons. The van der Waals surface area contributed by atoms with Crippen LogP contribution in [0.4, 0.5) is 0 Å². The van der Waals surface area contributed by atoms with Gasteiger partial charge in [0.15, 0.2) is 0 Å². The summed E-state index contributed by atoms with van der Waals surface area (Å²) in [5.74, 6) is 1.01. The average Bonchev–Trinajstić information content (AvgIpc) is 2.82. The minimum Gasteiger partial charge on any atom is -0.491 e. The number of nitrogens with zero attached hydrogens (tertiary/aromatic N) is 2. The van der Waals surface area contributed by atoms with Gasteiger partial charge in [-0.25, -0.2) is 0 Å². The van der Waals surface area contributed by atoms with Crippen molar-refractivity contribution in [2.24, 2.45) is 16.5 Å². The van der Waals surface area contributed by atoms with Gasteiger partial charge in [-0.05, 0) is 54.6 Å². The van der Waals surface area contributed by atoms with Crippen molar-refractivity contribution in [3.63, 3.8) is 0 Å². The van der Waals surface area contributed by atoms with Crippen LogP contribution in [0.3, 0.4) is 0 Å². The van der Waals surface area contributed by atoms with Gasteiger partial charge in [-0.3, -0.25) is 4.99 Å². The summed E-state index contributed by atoms with van der Waals surface area (Å²) in [4.78, 5) is 4.54. The van der Waals surface area contributed by atoms with Crippen LogP contribution in [0.15, 0.2) is 47.6 Å². The molecule has 5 nitrogen and oxygen atoms in total. The van der Waals surface area contributed by atoms with Crippen molar-refractivity contribution >= 4 is 23.4 Å². The van der Waals surface area contributed by atoms with E-state index >= 15 is 0 Å². The smallest absolute Gasteiger partial charge is 0.140 e.